The van der Waals surface area contributed by atoms with Gasteiger partial charge >= 0.3 is 6.03 Å². The minimum Gasteiger partial charge on any atom is -0.353 e. The Morgan fingerprint density at radius 2 is 2.05 bits per heavy atom. The number of hydrogen-bond donors (Lipinski definition) is 3. The Hall–Kier alpha value is -1.59. The summed E-state index contributed by atoms with van der Waals surface area (Å²) in [7, 11) is 0. The van der Waals surface area contributed by atoms with E-state index < -0.39 is 12.1 Å². The molecule has 0 aromatic carbocycles. The second kappa shape index (κ2) is 4.96. The first-order valence-electron chi connectivity index (χ1n) is 8.15. The monoisotopic (exact) mass is 307 g/mol. The van der Waals surface area contributed by atoms with E-state index in [1.807, 2.05) is 0 Å². The van der Waals surface area contributed by atoms with Crippen LogP contribution in [0.2, 0.25) is 0 Å². The molecule has 2 saturated carbocycles. The predicted octanol–water partition coefficient (Wildman–Crippen LogP) is 1.31. The van der Waals surface area contributed by atoms with Gasteiger partial charge in [-0.25, -0.2) is 4.79 Å². The highest BCUT2D eigenvalue weighted by molar-refractivity contribution is 6.04. The van der Waals surface area contributed by atoms with Crippen LogP contribution < -0.4 is 16.0 Å². The zero-order chi connectivity index (χ0) is 16.1. The third-order valence-corrected chi connectivity index (χ3v) is 6.65. The molecule has 6 nitrogen and oxygen atoms in total. The maximum absolute atomic E-state index is 12.2. The first-order valence-corrected chi connectivity index (χ1v) is 8.15. The highest BCUT2D eigenvalue weighted by Gasteiger charge is 2.61. The molecule has 3 rings (SSSR count). The van der Waals surface area contributed by atoms with E-state index in [1.54, 1.807) is 0 Å². The molecule has 3 aliphatic rings. The van der Waals surface area contributed by atoms with Gasteiger partial charge in [-0.1, -0.05) is 20.8 Å². The number of carbonyl (C=O) groups excluding carboxylic acids is 3. The molecule has 4 atom stereocenters. The number of carbonyl (C=O) groups is 3. The van der Waals surface area contributed by atoms with Gasteiger partial charge in [0.15, 0.2) is 0 Å². The van der Waals surface area contributed by atoms with Gasteiger partial charge in [0, 0.05) is 12.5 Å². The summed E-state index contributed by atoms with van der Waals surface area (Å²) in [6, 6.07) is -0.830. The zero-order valence-electron chi connectivity index (χ0n) is 13.5. The van der Waals surface area contributed by atoms with Crippen molar-refractivity contribution in [2.75, 3.05) is 0 Å². The molecule has 0 spiro atoms. The fraction of sp³-hybridized carbons (Fsp3) is 0.812. The molecular formula is C16H25N3O3. The van der Waals surface area contributed by atoms with Crippen LogP contribution in [0, 0.1) is 16.7 Å². The number of nitrogens with one attached hydrogen (secondary N) is 3. The van der Waals surface area contributed by atoms with Crippen molar-refractivity contribution >= 4 is 17.8 Å². The lowest BCUT2D eigenvalue weighted by atomic mass is 9.69. The highest BCUT2D eigenvalue weighted by atomic mass is 16.2. The maximum Gasteiger partial charge on any atom is 0.322 e. The van der Waals surface area contributed by atoms with E-state index in [0.717, 1.165) is 12.8 Å². The van der Waals surface area contributed by atoms with Crippen LogP contribution in [0.3, 0.4) is 0 Å². The van der Waals surface area contributed by atoms with Crippen LogP contribution in [0.1, 0.15) is 52.9 Å². The molecule has 1 aliphatic heterocycles. The summed E-state index contributed by atoms with van der Waals surface area (Å²) in [6.45, 7) is 6.92. The Morgan fingerprint density at radius 3 is 2.55 bits per heavy atom. The summed E-state index contributed by atoms with van der Waals surface area (Å²) >= 11 is 0. The van der Waals surface area contributed by atoms with E-state index in [1.165, 1.54) is 6.42 Å². The van der Waals surface area contributed by atoms with Crippen molar-refractivity contribution in [3.63, 3.8) is 0 Å². The minimum atomic E-state index is -0.578. The molecule has 2 bridgehead atoms. The van der Waals surface area contributed by atoms with Crippen molar-refractivity contribution in [3.05, 3.63) is 0 Å². The number of rotatable bonds is 4. The van der Waals surface area contributed by atoms with E-state index in [4.69, 9.17) is 0 Å². The van der Waals surface area contributed by atoms with Gasteiger partial charge in [-0.15, -0.1) is 0 Å². The SMILES string of the molecule is CC1(C)[C@H]2CC[C@@]1(C)[C@H](NC(=O)CC[C@@H]1NC(=O)NC1=O)C2. The van der Waals surface area contributed by atoms with Crippen molar-refractivity contribution in [3.8, 4) is 0 Å². The Morgan fingerprint density at radius 1 is 1.32 bits per heavy atom. The molecule has 6 heteroatoms. The molecule has 1 saturated heterocycles. The maximum atomic E-state index is 12.2. The van der Waals surface area contributed by atoms with E-state index >= 15 is 0 Å². The van der Waals surface area contributed by atoms with Gasteiger partial charge in [0.2, 0.25) is 5.91 Å². The summed E-state index contributed by atoms with van der Waals surface area (Å²) in [4.78, 5) is 34.7. The van der Waals surface area contributed by atoms with Crippen LogP contribution in [0.15, 0.2) is 0 Å². The third-order valence-electron chi connectivity index (χ3n) is 6.65. The molecule has 0 aromatic rings. The number of urea groups is 1. The molecule has 3 N–H and O–H groups in total. The second-order valence-electron chi connectivity index (χ2n) is 7.78. The highest BCUT2D eigenvalue weighted by Crippen LogP contribution is 2.65. The van der Waals surface area contributed by atoms with Crippen molar-refractivity contribution in [2.24, 2.45) is 16.7 Å². The lowest BCUT2D eigenvalue weighted by molar-refractivity contribution is -0.123. The van der Waals surface area contributed by atoms with Crippen LogP contribution in [0.25, 0.3) is 0 Å². The fourth-order valence-corrected chi connectivity index (χ4v) is 4.63. The number of fused-ring (bicyclic) bond motifs is 2. The fourth-order valence-electron chi connectivity index (χ4n) is 4.63. The lowest BCUT2D eigenvalue weighted by Gasteiger charge is -2.39. The van der Waals surface area contributed by atoms with E-state index in [2.05, 4.69) is 36.7 Å². The summed E-state index contributed by atoms with van der Waals surface area (Å²) in [6.07, 6.45) is 4.08. The van der Waals surface area contributed by atoms with Gasteiger partial charge in [0.05, 0.1) is 0 Å². The first-order chi connectivity index (χ1) is 10.2. The zero-order valence-corrected chi connectivity index (χ0v) is 13.5. The molecule has 2 aliphatic carbocycles. The van der Waals surface area contributed by atoms with Gasteiger partial charge in [0.25, 0.3) is 5.91 Å². The molecule has 3 fully saturated rings. The Labute approximate surface area is 130 Å². The third kappa shape index (κ3) is 2.20. The lowest BCUT2D eigenvalue weighted by Crippen LogP contribution is -2.47. The quantitative estimate of drug-likeness (QED) is 0.684. The van der Waals surface area contributed by atoms with Gasteiger partial charge < -0.3 is 10.6 Å². The minimum absolute atomic E-state index is 0.0245. The summed E-state index contributed by atoms with van der Waals surface area (Å²) in [5.41, 5.74) is 0.427. The van der Waals surface area contributed by atoms with Crippen LogP contribution in [0.4, 0.5) is 4.79 Å². The number of imide groups is 1. The van der Waals surface area contributed by atoms with Crippen molar-refractivity contribution in [2.45, 2.75) is 65.0 Å². The molecular weight excluding hydrogens is 282 g/mol. The summed E-state index contributed by atoms with van der Waals surface area (Å²) < 4.78 is 0. The van der Waals surface area contributed by atoms with Crippen LogP contribution in [-0.4, -0.2) is 29.9 Å². The van der Waals surface area contributed by atoms with Crippen molar-refractivity contribution < 1.29 is 14.4 Å². The molecule has 122 valence electrons. The molecule has 0 radical (unpaired) electrons. The summed E-state index contributed by atoms with van der Waals surface area (Å²) in [5, 5.41) is 7.88. The largest absolute Gasteiger partial charge is 0.353 e. The van der Waals surface area contributed by atoms with E-state index in [-0.39, 0.29) is 35.1 Å². The van der Waals surface area contributed by atoms with Gasteiger partial charge in [-0.3, -0.25) is 14.9 Å². The Bertz CT molecular complexity index is 531. The predicted molar refractivity (Wildman–Crippen MR) is 80.9 cm³/mol. The Balaban J connectivity index is 1.53. The molecule has 0 unspecified atom stereocenters. The smallest absolute Gasteiger partial charge is 0.322 e. The molecule has 22 heavy (non-hydrogen) atoms. The number of hydrogen-bond acceptors (Lipinski definition) is 3. The van der Waals surface area contributed by atoms with E-state index in [0.29, 0.717) is 12.3 Å². The van der Waals surface area contributed by atoms with Crippen LogP contribution >= 0.6 is 0 Å². The van der Waals surface area contributed by atoms with Crippen molar-refractivity contribution in [1.29, 1.82) is 0 Å². The molecule has 1 heterocycles. The van der Waals surface area contributed by atoms with E-state index in [9.17, 15) is 14.4 Å². The topological polar surface area (TPSA) is 87.3 Å². The second-order valence-corrected chi connectivity index (χ2v) is 7.78. The normalized spacial score (nSPS) is 38.8. The summed E-state index contributed by atoms with van der Waals surface area (Å²) in [5.74, 6) is 0.317. The average Bonchev–Trinajstić information content (AvgIpc) is 2.93. The standard InChI is InChI=1S/C16H25N3O3/c1-15(2)9-6-7-16(15,3)11(8-9)18-12(20)5-4-10-13(21)19-14(22)17-10/h9-11H,4-8H2,1-3H3,(H,18,20)(H2,17,19,21,22)/t9-,10-,11+,16-/m0/s1. The van der Waals surface area contributed by atoms with Gasteiger partial charge in [-0.2, -0.15) is 0 Å². The Kier molecular flexibility index (Phi) is 3.45. The first kappa shape index (κ1) is 15.3. The molecule has 0 aromatic heterocycles. The van der Waals surface area contributed by atoms with Crippen LogP contribution in [-0.2, 0) is 9.59 Å². The molecule has 4 amide bonds. The van der Waals surface area contributed by atoms with Gasteiger partial charge in [-0.05, 0) is 42.4 Å². The number of amides is 4. The van der Waals surface area contributed by atoms with Crippen LogP contribution in [0.5, 0.6) is 0 Å². The van der Waals surface area contributed by atoms with Gasteiger partial charge in [0.1, 0.15) is 6.04 Å². The average molecular weight is 307 g/mol. The van der Waals surface area contributed by atoms with Crippen molar-refractivity contribution in [1.82, 2.24) is 16.0 Å².